The van der Waals surface area contributed by atoms with Crippen molar-refractivity contribution in [1.29, 1.82) is 0 Å². The van der Waals surface area contributed by atoms with Gasteiger partial charge in [-0.1, -0.05) is 13.8 Å². The Bertz CT molecular complexity index is 444. The van der Waals surface area contributed by atoms with E-state index < -0.39 is 11.9 Å². The number of carboxylic acid groups (broad SMARTS) is 1. The molecule has 1 amide bonds. The topological polar surface area (TPSA) is 79.3 Å². The predicted molar refractivity (Wildman–Crippen MR) is 67.6 cm³/mol. The van der Waals surface area contributed by atoms with Crippen LogP contribution in [0.1, 0.15) is 48.0 Å². The monoisotopic (exact) mass is 250 g/mol. The van der Waals surface area contributed by atoms with E-state index in [1.54, 1.807) is 0 Å². The molecule has 0 aromatic carbocycles. The van der Waals surface area contributed by atoms with Crippen molar-refractivity contribution in [2.45, 2.75) is 33.2 Å². The number of nitrogens with zero attached hydrogens (tertiary/aromatic N) is 1. The first-order valence-corrected chi connectivity index (χ1v) is 5.91. The molecule has 18 heavy (non-hydrogen) atoms. The summed E-state index contributed by atoms with van der Waals surface area (Å²) >= 11 is 0. The van der Waals surface area contributed by atoms with Crippen molar-refractivity contribution in [3.05, 3.63) is 29.6 Å². The van der Waals surface area contributed by atoms with Gasteiger partial charge in [-0.15, -0.1) is 0 Å². The van der Waals surface area contributed by atoms with Crippen LogP contribution in [0.5, 0.6) is 0 Å². The summed E-state index contributed by atoms with van der Waals surface area (Å²) in [4.78, 5) is 26.7. The highest BCUT2D eigenvalue weighted by Gasteiger charge is 2.19. The summed E-state index contributed by atoms with van der Waals surface area (Å²) in [5.74, 6) is -1.13. The fraction of sp³-hybridized carbons (Fsp3) is 0.462. The summed E-state index contributed by atoms with van der Waals surface area (Å²) in [6, 6.07) is 2.86. The number of aromatic carboxylic acids is 1. The van der Waals surface area contributed by atoms with E-state index in [-0.39, 0.29) is 17.3 Å². The Morgan fingerprint density at radius 1 is 1.39 bits per heavy atom. The van der Waals surface area contributed by atoms with Crippen LogP contribution in [0, 0.1) is 5.92 Å². The quantitative estimate of drug-likeness (QED) is 0.837. The molecule has 0 saturated heterocycles. The third kappa shape index (κ3) is 3.84. The second kappa shape index (κ2) is 6.14. The van der Waals surface area contributed by atoms with Crippen LogP contribution in [0.4, 0.5) is 0 Å². The highest BCUT2D eigenvalue weighted by molar-refractivity contribution is 6.03. The molecule has 0 radical (unpaired) electrons. The third-order valence-electron chi connectivity index (χ3n) is 2.46. The van der Waals surface area contributed by atoms with Gasteiger partial charge in [0.15, 0.2) is 0 Å². The average molecular weight is 250 g/mol. The van der Waals surface area contributed by atoms with Gasteiger partial charge in [0.05, 0.1) is 5.56 Å². The van der Waals surface area contributed by atoms with Gasteiger partial charge < -0.3 is 10.4 Å². The van der Waals surface area contributed by atoms with Crippen molar-refractivity contribution in [1.82, 2.24) is 10.3 Å². The smallest absolute Gasteiger partial charge is 0.338 e. The standard InChI is InChI=1S/C13H18N2O3/c1-8(2)7-9(3)15-12(16)11-10(13(17)18)5-4-6-14-11/h4-6,8-9H,7H2,1-3H3,(H,15,16)(H,17,18). The lowest BCUT2D eigenvalue weighted by atomic mass is 10.0. The molecule has 0 saturated carbocycles. The Kier molecular flexibility index (Phi) is 4.83. The largest absolute Gasteiger partial charge is 0.478 e. The maximum absolute atomic E-state index is 11.9. The van der Waals surface area contributed by atoms with Crippen LogP contribution in [-0.4, -0.2) is 28.0 Å². The van der Waals surface area contributed by atoms with Crippen LogP contribution in [0.15, 0.2) is 18.3 Å². The highest BCUT2D eigenvalue weighted by Crippen LogP contribution is 2.08. The lowest BCUT2D eigenvalue weighted by molar-refractivity contribution is 0.0689. The summed E-state index contributed by atoms with van der Waals surface area (Å²) in [6.45, 7) is 6.01. The van der Waals surface area contributed by atoms with Crippen LogP contribution >= 0.6 is 0 Å². The Balaban J connectivity index is 2.81. The molecule has 0 bridgehead atoms. The minimum atomic E-state index is -1.15. The predicted octanol–water partition coefficient (Wildman–Crippen LogP) is 1.94. The van der Waals surface area contributed by atoms with E-state index in [0.717, 1.165) is 6.42 Å². The Hall–Kier alpha value is -1.91. The van der Waals surface area contributed by atoms with Gasteiger partial charge in [-0.3, -0.25) is 9.78 Å². The number of aromatic nitrogens is 1. The SMILES string of the molecule is CC(C)CC(C)NC(=O)c1ncccc1C(=O)O. The Labute approximate surface area is 106 Å². The molecule has 0 spiro atoms. The molecule has 1 rings (SSSR count). The molecule has 0 aliphatic rings. The first-order chi connectivity index (χ1) is 8.41. The number of amides is 1. The molecule has 2 N–H and O–H groups in total. The first-order valence-electron chi connectivity index (χ1n) is 5.91. The van der Waals surface area contributed by atoms with E-state index in [9.17, 15) is 9.59 Å². The van der Waals surface area contributed by atoms with E-state index in [1.807, 2.05) is 6.92 Å². The van der Waals surface area contributed by atoms with Gasteiger partial charge in [0.25, 0.3) is 5.91 Å². The van der Waals surface area contributed by atoms with Crippen LogP contribution in [0.25, 0.3) is 0 Å². The molecule has 1 aromatic heterocycles. The molecule has 1 heterocycles. The number of carbonyl (C=O) groups excluding carboxylic acids is 1. The van der Waals surface area contributed by atoms with E-state index >= 15 is 0 Å². The second-order valence-corrected chi connectivity index (χ2v) is 4.71. The molecular weight excluding hydrogens is 232 g/mol. The molecule has 0 fully saturated rings. The minimum absolute atomic E-state index is 0.0128. The first kappa shape index (κ1) is 14.2. The molecule has 5 nitrogen and oxygen atoms in total. The molecular formula is C13H18N2O3. The van der Waals surface area contributed by atoms with Crippen LogP contribution in [0.3, 0.4) is 0 Å². The van der Waals surface area contributed by atoms with Gasteiger partial charge in [0.2, 0.25) is 0 Å². The van der Waals surface area contributed by atoms with Crippen LogP contribution in [0.2, 0.25) is 0 Å². The van der Waals surface area contributed by atoms with Gasteiger partial charge in [-0.05, 0) is 31.4 Å². The van der Waals surface area contributed by atoms with Gasteiger partial charge in [0, 0.05) is 12.2 Å². The zero-order chi connectivity index (χ0) is 13.7. The van der Waals surface area contributed by atoms with E-state index in [4.69, 9.17) is 5.11 Å². The molecule has 1 atom stereocenters. The maximum atomic E-state index is 11.9. The highest BCUT2D eigenvalue weighted by atomic mass is 16.4. The zero-order valence-corrected chi connectivity index (χ0v) is 10.8. The number of carbonyl (C=O) groups is 2. The van der Waals surface area contributed by atoms with Gasteiger partial charge in [-0.25, -0.2) is 4.79 Å². The van der Waals surface area contributed by atoms with E-state index in [0.29, 0.717) is 5.92 Å². The van der Waals surface area contributed by atoms with Crippen molar-refractivity contribution < 1.29 is 14.7 Å². The van der Waals surface area contributed by atoms with Crippen molar-refractivity contribution in [2.24, 2.45) is 5.92 Å². The fourth-order valence-electron chi connectivity index (χ4n) is 1.82. The number of nitrogens with one attached hydrogen (secondary N) is 1. The van der Waals surface area contributed by atoms with Crippen LogP contribution in [-0.2, 0) is 0 Å². The number of carboxylic acids is 1. The molecule has 0 aliphatic heterocycles. The lowest BCUT2D eigenvalue weighted by Gasteiger charge is -2.16. The maximum Gasteiger partial charge on any atom is 0.338 e. The minimum Gasteiger partial charge on any atom is -0.478 e. The Morgan fingerprint density at radius 2 is 2.06 bits per heavy atom. The van der Waals surface area contributed by atoms with Gasteiger partial charge >= 0.3 is 5.97 Å². The summed E-state index contributed by atoms with van der Waals surface area (Å²) in [6.07, 6.45) is 2.25. The normalized spacial score (nSPS) is 12.2. The van der Waals surface area contributed by atoms with Gasteiger partial charge in [-0.2, -0.15) is 0 Å². The number of pyridine rings is 1. The number of rotatable bonds is 5. The fourth-order valence-corrected chi connectivity index (χ4v) is 1.82. The average Bonchev–Trinajstić information content (AvgIpc) is 2.27. The van der Waals surface area contributed by atoms with Crippen molar-refractivity contribution in [3.8, 4) is 0 Å². The number of hydrogen-bond acceptors (Lipinski definition) is 3. The summed E-state index contributed by atoms with van der Waals surface area (Å²) < 4.78 is 0. The van der Waals surface area contributed by atoms with E-state index in [1.165, 1.54) is 18.3 Å². The summed E-state index contributed by atoms with van der Waals surface area (Å²) in [5.41, 5.74) is -0.118. The molecule has 98 valence electrons. The molecule has 0 aliphatic carbocycles. The zero-order valence-electron chi connectivity index (χ0n) is 10.8. The van der Waals surface area contributed by atoms with Gasteiger partial charge in [0.1, 0.15) is 5.69 Å². The Morgan fingerprint density at radius 3 is 2.61 bits per heavy atom. The van der Waals surface area contributed by atoms with Crippen molar-refractivity contribution >= 4 is 11.9 Å². The molecule has 1 unspecified atom stereocenters. The van der Waals surface area contributed by atoms with E-state index in [2.05, 4.69) is 24.1 Å². The lowest BCUT2D eigenvalue weighted by Crippen LogP contribution is -2.35. The van der Waals surface area contributed by atoms with Crippen molar-refractivity contribution in [3.63, 3.8) is 0 Å². The van der Waals surface area contributed by atoms with Crippen molar-refractivity contribution in [2.75, 3.05) is 0 Å². The number of hydrogen-bond donors (Lipinski definition) is 2. The molecule has 1 aromatic rings. The second-order valence-electron chi connectivity index (χ2n) is 4.71. The van der Waals surface area contributed by atoms with Crippen LogP contribution < -0.4 is 5.32 Å². The summed E-state index contributed by atoms with van der Waals surface area (Å²) in [5, 5.41) is 11.7. The summed E-state index contributed by atoms with van der Waals surface area (Å²) in [7, 11) is 0. The molecule has 5 heteroatoms. The third-order valence-corrected chi connectivity index (χ3v) is 2.46.